The smallest absolute Gasteiger partial charge is 0.490 e. The lowest BCUT2D eigenvalue weighted by Gasteiger charge is -2.29. The normalized spacial score (nSPS) is 13.3. The fourth-order valence-electron chi connectivity index (χ4n) is 3.41. The molecule has 1 saturated heterocycles. The first-order valence-corrected chi connectivity index (χ1v) is 11.3. The number of carbonyl (C=O) groups excluding carboxylic acids is 2. The highest BCUT2D eigenvalue weighted by atomic mass is 19.4. The number of nitrogens with zero attached hydrogens (tertiary/aromatic N) is 2. The molecule has 0 bridgehead atoms. The summed E-state index contributed by atoms with van der Waals surface area (Å²) < 4.78 is 37.0. The summed E-state index contributed by atoms with van der Waals surface area (Å²) in [5, 5.41) is 10.4. The number of hydrogen-bond acceptors (Lipinski definition) is 5. The number of hydrogen-bond donors (Lipinski definition) is 2. The standard InChI is InChI=1S/C23H29N3O3.C2HF3O2/c1-18-6-8-19(9-7-18)17-26(13-10-22(27)25-14-11-24-12-15-25)23(28)20-4-3-5-21(16-20)29-2;3-2(4,5)1(6)7/h3-9,16,24H,10-15,17H2,1-2H3;(H,6,7). The van der Waals surface area contributed by atoms with E-state index >= 15 is 0 Å². The lowest BCUT2D eigenvalue weighted by molar-refractivity contribution is -0.192. The monoisotopic (exact) mass is 509 g/mol. The Balaban J connectivity index is 0.000000572. The molecular formula is C25H30F3N3O5. The van der Waals surface area contributed by atoms with E-state index < -0.39 is 12.1 Å². The van der Waals surface area contributed by atoms with E-state index in [0.717, 1.165) is 31.7 Å². The first-order chi connectivity index (χ1) is 17.0. The molecule has 196 valence electrons. The van der Waals surface area contributed by atoms with Gasteiger partial charge in [-0.3, -0.25) is 9.59 Å². The molecule has 0 radical (unpaired) electrons. The van der Waals surface area contributed by atoms with E-state index in [1.54, 1.807) is 24.1 Å². The quantitative estimate of drug-likeness (QED) is 0.595. The highest BCUT2D eigenvalue weighted by Gasteiger charge is 2.38. The Morgan fingerprint density at radius 1 is 1.08 bits per heavy atom. The minimum atomic E-state index is -5.08. The van der Waals surface area contributed by atoms with Crippen molar-refractivity contribution in [3.63, 3.8) is 0 Å². The van der Waals surface area contributed by atoms with E-state index in [9.17, 15) is 22.8 Å². The zero-order chi connectivity index (χ0) is 26.7. The molecule has 0 aliphatic carbocycles. The summed E-state index contributed by atoms with van der Waals surface area (Å²) in [4.78, 5) is 38.3. The number of aryl methyl sites for hydroxylation is 1. The summed E-state index contributed by atoms with van der Waals surface area (Å²) in [5.41, 5.74) is 2.78. The van der Waals surface area contributed by atoms with E-state index in [1.165, 1.54) is 5.56 Å². The van der Waals surface area contributed by atoms with Gasteiger partial charge in [0, 0.05) is 51.3 Å². The molecule has 36 heavy (non-hydrogen) atoms. The number of methoxy groups -OCH3 is 1. The predicted molar refractivity (Wildman–Crippen MR) is 127 cm³/mol. The van der Waals surface area contributed by atoms with Gasteiger partial charge in [0.05, 0.1) is 7.11 Å². The van der Waals surface area contributed by atoms with Crippen molar-refractivity contribution in [2.24, 2.45) is 0 Å². The van der Waals surface area contributed by atoms with Crippen LogP contribution < -0.4 is 10.1 Å². The maximum absolute atomic E-state index is 13.2. The SMILES string of the molecule is COc1cccc(C(=O)N(CCC(=O)N2CCNCC2)Cc2ccc(C)cc2)c1.O=C(O)C(F)(F)F. The molecule has 2 aromatic carbocycles. The van der Waals surface area contributed by atoms with Crippen molar-refractivity contribution in [2.75, 3.05) is 39.8 Å². The molecule has 0 saturated carbocycles. The Morgan fingerprint density at radius 3 is 2.25 bits per heavy atom. The van der Waals surface area contributed by atoms with Crippen LogP contribution in [0.15, 0.2) is 48.5 Å². The predicted octanol–water partition coefficient (Wildman–Crippen LogP) is 3.10. The molecule has 1 aliphatic heterocycles. The van der Waals surface area contributed by atoms with Gasteiger partial charge in [-0.25, -0.2) is 4.79 Å². The number of halogens is 3. The van der Waals surface area contributed by atoms with Gasteiger partial charge in [-0.1, -0.05) is 35.9 Å². The fraction of sp³-hybridized carbons (Fsp3) is 0.400. The summed E-state index contributed by atoms with van der Waals surface area (Å²) in [6.07, 6.45) is -4.76. The Kier molecular flexibility index (Phi) is 10.7. The van der Waals surface area contributed by atoms with Gasteiger partial charge in [-0.15, -0.1) is 0 Å². The number of aliphatic carboxylic acids is 1. The van der Waals surface area contributed by atoms with Crippen LogP contribution >= 0.6 is 0 Å². The van der Waals surface area contributed by atoms with Crippen molar-refractivity contribution in [3.05, 3.63) is 65.2 Å². The molecule has 1 heterocycles. The lowest BCUT2D eigenvalue weighted by Crippen LogP contribution is -2.47. The molecule has 3 rings (SSSR count). The number of ether oxygens (including phenoxy) is 1. The second-order valence-corrected chi connectivity index (χ2v) is 8.13. The molecule has 2 N–H and O–H groups in total. The number of carbonyl (C=O) groups is 3. The van der Waals surface area contributed by atoms with Crippen molar-refractivity contribution in [2.45, 2.75) is 26.1 Å². The Labute approximate surface area is 207 Å². The Hall–Kier alpha value is -3.60. The van der Waals surface area contributed by atoms with E-state index in [1.807, 2.05) is 48.2 Å². The molecule has 0 unspecified atom stereocenters. The summed E-state index contributed by atoms with van der Waals surface area (Å²) in [6.45, 7) is 5.97. The maximum Gasteiger partial charge on any atom is 0.490 e. The van der Waals surface area contributed by atoms with Gasteiger partial charge >= 0.3 is 12.1 Å². The molecule has 11 heteroatoms. The van der Waals surface area contributed by atoms with Crippen molar-refractivity contribution in [3.8, 4) is 5.75 Å². The minimum absolute atomic E-state index is 0.0962. The van der Waals surface area contributed by atoms with Gasteiger partial charge in [0.15, 0.2) is 0 Å². The van der Waals surface area contributed by atoms with Gasteiger partial charge in [0.25, 0.3) is 5.91 Å². The fourth-order valence-corrected chi connectivity index (χ4v) is 3.41. The maximum atomic E-state index is 13.2. The molecular weight excluding hydrogens is 479 g/mol. The first-order valence-electron chi connectivity index (χ1n) is 11.3. The van der Waals surface area contributed by atoms with Crippen LogP contribution in [0.4, 0.5) is 13.2 Å². The molecule has 0 atom stereocenters. The highest BCUT2D eigenvalue weighted by molar-refractivity contribution is 5.94. The van der Waals surface area contributed by atoms with Crippen LogP contribution in [-0.4, -0.2) is 78.7 Å². The third kappa shape index (κ3) is 9.21. The zero-order valence-electron chi connectivity index (χ0n) is 20.2. The molecule has 0 spiro atoms. The lowest BCUT2D eigenvalue weighted by atomic mass is 10.1. The highest BCUT2D eigenvalue weighted by Crippen LogP contribution is 2.17. The number of benzene rings is 2. The number of nitrogens with one attached hydrogen (secondary N) is 1. The van der Waals surface area contributed by atoms with Gasteiger partial charge in [-0.05, 0) is 30.7 Å². The van der Waals surface area contributed by atoms with Crippen LogP contribution in [0, 0.1) is 6.92 Å². The van der Waals surface area contributed by atoms with Gasteiger partial charge in [-0.2, -0.15) is 13.2 Å². The van der Waals surface area contributed by atoms with Gasteiger partial charge in [0.1, 0.15) is 5.75 Å². The zero-order valence-corrected chi connectivity index (χ0v) is 20.2. The van der Waals surface area contributed by atoms with Crippen molar-refractivity contribution in [1.82, 2.24) is 15.1 Å². The largest absolute Gasteiger partial charge is 0.497 e. The second kappa shape index (κ2) is 13.5. The van der Waals surface area contributed by atoms with E-state index in [-0.39, 0.29) is 11.8 Å². The third-order valence-corrected chi connectivity index (χ3v) is 5.41. The van der Waals surface area contributed by atoms with E-state index in [0.29, 0.717) is 30.8 Å². The molecule has 8 nitrogen and oxygen atoms in total. The van der Waals surface area contributed by atoms with Gasteiger partial charge < -0.3 is 25.0 Å². The molecule has 2 amide bonds. The van der Waals surface area contributed by atoms with Crippen LogP contribution in [0.3, 0.4) is 0 Å². The average molecular weight is 510 g/mol. The molecule has 1 aliphatic rings. The molecule has 0 aromatic heterocycles. The van der Waals surface area contributed by atoms with Crippen molar-refractivity contribution >= 4 is 17.8 Å². The van der Waals surface area contributed by atoms with Crippen LogP contribution in [-0.2, 0) is 16.1 Å². The molecule has 2 aromatic rings. The van der Waals surface area contributed by atoms with Crippen LogP contribution in [0.1, 0.15) is 27.9 Å². The van der Waals surface area contributed by atoms with E-state index in [4.69, 9.17) is 14.6 Å². The number of alkyl halides is 3. The minimum Gasteiger partial charge on any atom is -0.497 e. The summed E-state index contributed by atoms with van der Waals surface area (Å²) in [7, 11) is 1.58. The average Bonchev–Trinajstić information content (AvgIpc) is 2.87. The number of piperazine rings is 1. The number of carboxylic acid groups (broad SMARTS) is 1. The Morgan fingerprint density at radius 2 is 1.69 bits per heavy atom. The number of rotatable bonds is 7. The van der Waals surface area contributed by atoms with E-state index in [2.05, 4.69) is 5.32 Å². The van der Waals surface area contributed by atoms with Crippen molar-refractivity contribution in [1.29, 1.82) is 0 Å². The number of amides is 2. The van der Waals surface area contributed by atoms with Crippen LogP contribution in [0.5, 0.6) is 5.75 Å². The Bertz CT molecular complexity index is 1020. The second-order valence-electron chi connectivity index (χ2n) is 8.13. The summed E-state index contributed by atoms with van der Waals surface area (Å²) in [5.74, 6) is -2.12. The third-order valence-electron chi connectivity index (χ3n) is 5.41. The van der Waals surface area contributed by atoms with Crippen LogP contribution in [0.2, 0.25) is 0 Å². The number of carboxylic acids is 1. The van der Waals surface area contributed by atoms with Crippen molar-refractivity contribution < 1.29 is 37.4 Å². The van der Waals surface area contributed by atoms with Crippen LogP contribution in [0.25, 0.3) is 0 Å². The first kappa shape index (κ1) is 28.6. The molecule has 1 fully saturated rings. The van der Waals surface area contributed by atoms with Gasteiger partial charge in [0.2, 0.25) is 5.91 Å². The summed E-state index contributed by atoms with van der Waals surface area (Å²) in [6, 6.07) is 15.3. The summed E-state index contributed by atoms with van der Waals surface area (Å²) >= 11 is 0. The topological polar surface area (TPSA) is 99.2 Å².